The number of benzene rings is 2. The molecular formula is C19H15BrClNO3S. The number of fused-ring (bicyclic) bond motifs is 1. The van der Waals surface area contributed by atoms with Gasteiger partial charge in [0.25, 0.3) is 0 Å². The van der Waals surface area contributed by atoms with Crippen LogP contribution in [0, 0.1) is 6.92 Å². The third-order valence-corrected chi connectivity index (χ3v) is 6.35. The predicted molar refractivity (Wildman–Crippen MR) is 109 cm³/mol. The summed E-state index contributed by atoms with van der Waals surface area (Å²) in [6.07, 6.45) is 0. The average molecular weight is 453 g/mol. The van der Waals surface area contributed by atoms with E-state index in [4.69, 9.17) is 11.6 Å². The summed E-state index contributed by atoms with van der Waals surface area (Å²) < 4.78 is 13.6. The van der Waals surface area contributed by atoms with Gasteiger partial charge in [-0.3, -0.25) is 13.8 Å². The van der Waals surface area contributed by atoms with E-state index in [2.05, 4.69) is 20.9 Å². The monoisotopic (exact) mass is 451 g/mol. The van der Waals surface area contributed by atoms with Crippen molar-refractivity contribution < 1.29 is 9.00 Å². The Kier molecular flexibility index (Phi) is 5.46. The van der Waals surface area contributed by atoms with Gasteiger partial charge in [0.05, 0.1) is 38.0 Å². The van der Waals surface area contributed by atoms with E-state index >= 15 is 0 Å². The zero-order chi connectivity index (χ0) is 19.0. The molecule has 3 aromatic rings. The SMILES string of the molecule is CC(=O)c1c(S(=O)Cc2ccc(C)cc2)[nH]c2c(Br)ccc(Cl)c2c1=O. The van der Waals surface area contributed by atoms with E-state index in [9.17, 15) is 13.8 Å². The maximum atomic E-state index is 13.0. The number of Topliss-reactive ketones (excluding diaryl/α,β-unsaturated/α-hetero) is 1. The number of halogens is 2. The van der Waals surface area contributed by atoms with Gasteiger partial charge in [-0.05, 0) is 47.5 Å². The fraction of sp³-hybridized carbons (Fsp3) is 0.158. The topological polar surface area (TPSA) is 67.0 Å². The van der Waals surface area contributed by atoms with Crippen LogP contribution in [0.3, 0.4) is 0 Å². The molecule has 1 atom stereocenters. The van der Waals surface area contributed by atoms with Crippen molar-refractivity contribution in [1.29, 1.82) is 0 Å². The van der Waals surface area contributed by atoms with Gasteiger partial charge in [0.2, 0.25) is 5.43 Å². The summed E-state index contributed by atoms with van der Waals surface area (Å²) in [5, 5.41) is 0.573. The van der Waals surface area contributed by atoms with Crippen LogP contribution in [0.4, 0.5) is 0 Å². The van der Waals surface area contributed by atoms with Gasteiger partial charge in [-0.25, -0.2) is 0 Å². The maximum Gasteiger partial charge on any atom is 0.202 e. The van der Waals surface area contributed by atoms with E-state index in [1.165, 1.54) is 6.92 Å². The van der Waals surface area contributed by atoms with Crippen molar-refractivity contribution in [2.75, 3.05) is 0 Å². The summed E-state index contributed by atoms with van der Waals surface area (Å²) in [7, 11) is -1.59. The lowest BCUT2D eigenvalue weighted by atomic mass is 10.1. The molecule has 1 unspecified atom stereocenters. The number of aromatic nitrogens is 1. The van der Waals surface area contributed by atoms with Crippen molar-refractivity contribution in [2.24, 2.45) is 0 Å². The lowest BCUT2D eigenvalue weighted by Crippen LogP contribution is -2.20. The third kappa shape index (κ3) is 3.54. The number of H-pyrrole nitrogens is 1. The van der Waals surface area contributed by atoms with Gasteiger partial charge < -0.3 is 4.98 Å². The first-order valence-electron chi connectivity index (χ1n) is 7.78. The number of aromatic amines is 1. The van der Waals surface area contributed by atoms with Crippen LogP contribution in [0.25, 0.3) is 10.9 Å². The molecule has 0 spiro atoms. The Morgan fingerprint density at radius 2 is 1.85 bits per heavy atom. The van der Waals surface area contributed by atoms with Crippen molar-refractivity contribution in [3.63, 3.8) is 0 Å². The smallest absolute Gasteiger partial charge is 0.202 e. The van der Waals surface area contributed by atoms with E-state index in [0.29, 0.717) is 9.99 Å². The summed E-state index contributed by atoms with van der Waals surface area (Å²) in [6, 6.07) is 10.9. The minimum atomic E-state index is -1.59. The minimum Gasteiger partial charge on any atom is -0.346 e. The molecular weight excluding hydrogens is 438 g/mol. The molecule has 26 heavy (non-hydrogen) atoms. The number of hydrogen-bond donors (Lipinski definition) is 1. The molecule has 0 bridgehead atoms. The molecule has 4 nitrogen and oxygen atoms in total. The maximum absolute atomic E-state index is 13.0. The molecule has 0 radical (unpaired) electrons. The molecule has 3 rings (SSSR count). The van der Waals surface area contributed by atoms with Crippen LogP contribution in [0.1, 0.15) is 28.4 Å². The highest BCUT2D eigenvalue weighted by Crippen LogP contribution is 2.28. The molecule has 1 N–H and O–H groups in total. The number of carbonyl (C=O) groups is 1. The van der Waals surface area contributed by atoms with Crippen molar-refractivity contribution >= 4 is 55.0 Å². The first kappa shape index (κ1) is 19.0. The molecule has 0 aliphatic carbocycles. The highest BCUT2D eigenvalue weighted by molar-refractivity contribution is 9.10. The summed E-state index contributed by atoms with van der Waals surface area (Å²) in [5.74, 6) is -0.253. The summed E-state index contributed by atoms with van der Waals surface area (Å²) in [6.45, 7) is 3.26. The molecule has 7 heteroatoms. The quantitative estimate of drug-likeness (QED) is 0.580. The largest absolute Gasteiger partial charge is 0.346 e. The lowest BCUT2D eigenvalue weighted by molar-refractivity contribution is 0.101. The second kappa shape index (κ2) is 7.47. The Morgan fingerprint density at radius 1 is 1.19 bits per heavy atom. The van der Waals surface area contributed by atoms with E-state index in [0.717, 1.165) is 11.1 Å². The first-order valence-corrected chi connectivity index (χ1v) is 10.3. The number of ketones is 1. The molecule has 1 heterocycles. The average Bonchev–Trinajstić information content (AvgIpc) is 2.59. The van der Waals surface area contributed by atoms with Crippen molar-refractivity contribution in [2.45, 2.75) is 24.6 Å². The second-order valence-electron chi connectivity index (χ2n) is 5.97. The summed E-state index contributed by atoms with van der Waals surface area (Å²) >= 11 is 9.53. The van der Waals surface area contributed by atoms with E-state index in [-0.39, 0.29) is 26.8 Å². The van der Waals surface area contributed by atoms with Gasteiger partial charge in [-0.1, -0.05) is 41.4 Å². The zero-order valence-corrected chi connectivity index (χ0v) is 17.2. The van der Waals surface area contributed by atoms with Gasteiger partial charge >= 0.3 is 0 Å². The van der Waals surface area contributed by atoms with Crippen LogP contribution in [-0.2, 0) is 16.6 Å². The van der Waals surface area contributed by atoms with Crippen LogP contribution in [0.15, 0.2) is 50.7 Å². The normalized spacial score (nSPS) is 12.3. The van der Waals surface area contributed by atoms with E-state index < -0.39 is 22.0 Å². The molecule has 0 aliphatic heterocycles. The fourth-order valence-corrected chi connectivity index (χ4v) is 4.69. The second-order valence-corrected chi connectivity index (χ2v) is 8.62. The highest BCUT2D eigenvalue weighted by Gasteiger charge is 2.22. The predicted octanol–water partition coefficient (Wildman–Crippen LogP) is 4.76. The van der Waals surface area contributed by atoms with Crippen molar-refractivity contribution in [1.82, 2.24) is 4.98 Å². The molecule has 0 saturated carbocycles. The molecule has 0 saturated heterocycles. The summed E-state index contributed by atoms with van der Waals surface area (Å²) in [4.78, 5) is 28.0. The van der Waals surface area contributed by atoms with E-state index in [1.807, 2.05) is 31.2 Å². The standard InChI is InChI=1S/C19H15BrClNO3S/c1-10-3-5-12(6-4-10)9-26(25)19-15(11(2)23)18(24)16-14(21)8-7-13(20)17(16)22-19/h3-8H,9H2,1-2H3,(H,22,24). The molecule has 134 valence electrons. The molecule has 2 aromatic carbocycles. The minimum absolute atomic E-state index is 0.108. The number of hydrogen-bond acceptors (Lipinski definition) is 3. The number of aryl methyl sites for hydroxylation is 1. The van der Waals surface area contributed by atoms with Crippen molar-refractivity contribution in [3.8, 4) is 0 Å². The number of pyridine rings is 1. The Bertz CT molecular complexity index is 1110. The van der Waals surface area contributed by atoms with Crippen LogP contribution in [-0.4, -0.2) is 15.0 Å². The first-order chi connectivity index (χ1) is 12.3. The Labute approximate surface area is 166 Å². The van der Waals surface area contributed by atoms with Crippen LogP contribution < -0.4 is 5.43 Å². The Hall–Kier alpha value is -1.76. The van der Waals surface area contributed by atoms with Crippen LogP contribution in [0.2, 0.25) is 5.02 Å². The Balaban J connectivity index is 2.21. The van der Waals surface area contributed by atoms with E-state index in [1.54, 1.807) is 12.1 Å². The summed E-state index contributed by atoms with van der Waals surface area (Å²) in [5.41, 5.74) is 1.77. The molecule has 0 amide bonds. The van der Waals surface area contributed by atoms with Crippen LogP contribution >= 0.6 is 27.5 Å². The Morgan fingerprint density at radius 3 is 2.46 bits per heavy atom. The molecule has 1 aromatic heterocycles. The fourth-order valence-electron chi connectivity index (χ4n) is 2.70. The van der Waals surface area contributed by atoms with Crippen LogP contribution in [0.5, 0.6) is 0 Å². The van der Waals surface area contributed by atoms with Gasteiger partial charge in [0, 0.05) is 4.47 Å². The van der Waals surface area contributed by atoms with Gasteiger partial charge in [-0.2, -0.15) is 0 Å². The van der Waals surface area contributed by atoms with Gasteiger partial charge in [-0.15, -0.1) is 0 Å². The lowest BCUT2D eigenvalue weighted by Gasteiger charge is -2.11. The molecule has 0 fully saturated rings. The highest BCUT2D eigenvalue weighted by atomic mass is 79.9. The molecule has 0 aliphatic rings. The zero-order valence-electron chi connectivity index (χ0n) is 14.1. The number of nitrogens with one attached hydrogen (secondary N) is 1. The van der Waals surface area contributed by atoms with Gasteiger partial charge in [0.1, 0.15) is 5.03 Å². The van der Waals surface area contributed by atoms with Crippen molar-refractivity contribution in [3.05, 3.63) is 72.8 Å². The van der Waals surface area contributed by atoms with Gasteiger partial charge in [0.15, 0.2) is 5.78 Å². The number of carbonyl (C=O) groups excluding carboxylic acids is 1. The third-order valence-electron chi connectivity index (χ3n) is 4.02. The number of rotatable bonds is 4.